The summed E-state index contributed by atoms with van der Waals surface area (Å²) >= 11 is 1.70. The molecule has 2 aromatic rings. The maximum atomic E-state index is 10.4. The van der Waals surface area contributed by atoms with Crippen molar-refractivity contribution < 1.29 is 9.84 Å². The third-order valence-corrected chi connectivity index (χ3v) is 4.89. The van der Waals surface area contributed by atoms with Crippen LogP contribution in [0.25, 0.3) is 0 Å². The number of β-amino-alcohol motifs (C(OH)–C–C–N with tert-alkyl or cyclic N) is 1. The number of rotatable bonds is 2. The van der Waals surface area contributed by atoms with Crippen LogP contribution in [0.15, 0.2) is 53.4 Å². The molecular formula is C16H17NO2S. The van der Waals surface area contributed by atoms with Gasteiger partial charge in [0.2, 0.25) is 0 Å². The van der Waals surface area contributed by atoms with Crippen LogP contribution in [-0.4, -0.2) is 24.9 Å². The first-order valence-electron chi connectivity index (χ1n) is 6.59. The molecule has 104 valence electrons. The van der Waals surface area contributed by atoms with Gasteiger partial charge in [-0.2, -0.15) is 0 Å². The second-order valence-electron chi connectivity index (χ2n) is 4.76. The molecule has 2 aromatic carbocycles. The number of para-hydroxylation sites is 1. The van der Waals surface area contributed by atoms with Crippen molar-refractivity contribution in [2.24, 2.45) is 0 Å². The van der Waals surface area contributed by atoms with Gasteiger partial charge in [-0.15, -0.1) is 11.8 Å². The Morgan fingerprint density at radius 2 is 1.90 bits per heavy atom. The summed E-state index contributed by atoms with van der Waals surface area (Å²) < 4.78 is 5.18. The van der Waals surface area contributed by atoms with E-state index in [1.54, 1.807) is 18.9 Å². The Labute approximate surface area is 123 Å². The molecule has 2 N–H and O–H groups in total. The lowest BCUT2D eigenvalue weighted by atomic mass is 10.1. The molecule has 0 bridgehead atoms. The Hall–Kier alpha value is -1.65. The first-order valence-corrected chi connectivity index (χ1v) is 7.47. The highest BCUT2D eigenvalue weighted by molar-refractivity contribution is 7.99. The number of ether oxygens (including phenoxy) is 1. The average molecular weight is 287 g/mol. The number of nitrogens with one attached hydrogen (secondary N) is 1. The molecule has 0 fully saturated rings. The maximum Gasteiger partial charge on any atom is 0.118 e. The van der Waals surface area contributed by atoms with E-state index in [9.17, 15) is 5.11 Å². The Morgan fingerprint density at radius 1 is 1.15 bits per heavy atom. The smallest absolute Gasteiger partial charge is 0.118 e. The zero-order valence-corrected chi connectivity index (χ0v) is 12.1. The summed E-state index contributed by atoms with van der Waals surface area (Å²) in [7, 11) is 1.66. The van der Waals surface area contributed by atoms with E-state index in [1.807, 2.05) is 42.5 Å². The lowest BCUT2D eigenvalue weighted by Crippen LogP contribution is -2.23. The predicted octanol–water partition coefficient (Wildman–Crippen LogP) is 3.32. The molecule has 4 heteroatoms. The van der Waals surface area contributed by atoms with E-state index in [0.717, 1.165) is 17.0 Å². The summed E-state index contributed by atoms with van der Waals surface area (Å²) in [5.74, 6) is 0.834. The van der Waals surface area contributed by atoms with E-state index in [2.05, 4.69) is 11.4 Å². The summed E-state index contributed by atoms with van der Waals surface area (Å²) in [5.41, 5.74) is 2.20. The number of fused-ring (bicyclic) bond motifs is 1. The lowest BCUT2D eigenvalue weighted by molar-refractivity contribution is 0.185. The molecular weight excluding hydrogens is 270 g/mol. The van der Waals surface area contributed by atoms with Crippen LogP contribution < -0.4 is 10.1 Å². The quantitative estimate of drug-likeness (QED) is 0.889. The van der Waals surface area contributed by atoms with E-state index < -0.39 is 6.10 Å². The van der Waals surface area contributed by atoms with Gasteiger partial charge in [0.05, 0.1) is 18.5 Å². The predicted molar refractivity (Wildman–Crippen MR) is 82.5 cm³/mol. The van der Waals surface area contributed by atoms with E-state index >= 15 is 0 Å². The van der Waals surface area contributed by atoms with Crippen molar-refractivity contribution in [2.75, 3.05) is 19.0 Å². The van der Waals surface area contributed by atoms with Gasteiger partial charge in [0.1, 0.15) is 5.75 Å². The van der Waals surface area contributed by atoms with E-state index in [4.69, 9.17) is 4.74 Å². The fourth-order valence-electron chi connectivity index (χ4n) is 2.34. The molecule has 1 aliphatic heterocycles. The Kier molecular flexibility index (Phi) is 3.85. The van der Waals surface area contributed by atoms with E-state index in [0.29, 0.717) is 6.54 Å². The minimum absolute atomic E-state index is 0.0251. The van der Waals surface area contributed by atoms with Crippen LogP contribution in [0.4, 0.5) is 5.69 Å². The Balaban J connectivity index is 1.91. The zero-order valence-electron chi connectivity index (χ0n) is 11.2. The molecule has 0 unspecified atom stereocenters. The molecule has 0 spiro atoms. The normalized spacial score (nSPS) is 21.5. The zero-order chi connectivity index (χ0) is 13.9. The van der Waals surface area contributed by atoms with Gasteiger partial charge in [0.15, 0.2) is 0 Å². The van der Waals surface area contributed by atoms with Crippen LogP contribution in [0.3, 0.4) is 0 Å². The SMILES string of the molecule is COc1ccc([C@@H]2Sc3ccccc3NC[C@@H]2O)cc1. The van der Waals surface area contributed by atoms with E-state index in [-0.39, 0.29) is 5.25 Å². The standard InChI is InChI=1S/C16H17NO2S/c1-19-12-8-6-11(7-9-12)16-14(18)10-17-13-4-2-3-5-15(13)20-16/h2-9,14,16-18H,10H2,1H3/t14-,16-/m0/s1. The number of methoxy groups -OCH3 is 1. The second kappa shape index (κ2) is 5.77. The highest BCUT2D eigenvalue weighted by Gasteiger charge is 2.26. The molecule has 1 heterocycles. The molecule has 0 saturated carbocycles. The molecule has 0 aromatic heterocycles. The molecule has 3 rings (SSSR count). The van der Waals surface area contributed by atoms with Gasteiger partial charge in [0, 0.05) is 17.1 Å². The number of anilines is 1. The number of thioether (sulfide) groups is 1. The molecule has 0 radical (unpaired) electrons. The summed E-state index contributed by atoms with van der Waals surface area (Å²) in [5, 5.41) is 13.7. The van der Waals surface area contributed by atoms with Crippen molar-refractivity contribution in [3.8, 4) is 5.75 Å². The van der Waals surface area contributed by atoms with Crippen LogP contribution in [0.5, 0.6) is 5.75 Å². The fourth-order valence-corrected chi connectivity index (χ4v) is 3.58. The molecule has 20 heavy (non-hydrogen) atoms. The molecule has 2 atom stereocenters. The Morgan fingerprint density at radius 3 is 2.65 bits per heavy atom. The average Bonchev–Trinajstić information content (AvgIpc) is 2.67. The van der Waals surface area contributed by atoms with E-state index in [1.165, 1.54) is 4.90 Å². The molecule has 1 aliphatic rings. The first-order chi connectivity index (χ1) is 9.78. The number of aliphatic hydroxyl groups is 1. The fraction of sp³-hybridized carbons (Fsp3) is 0.250. The minimum Gasteiger partial charge on any atom is -0.497 e. The molecule has 3 nitrogen and oxygen atoms in total. The molecule has 0 amide bonds. The van der Waals surface area contributed by atoms with Crippen molar-refractivity contribution in [1.82, 2.24) is 0 Å². The first kappa shape index (κ1) is 13.3. The third kappa shape index (κ3) is 2.62. The second-order valence-corrected chi connectivity index (χ2v) is 5.94. The summed E-state index contributed by atoms with van der Waals surface area (Å²) in [4.78, 5) is 1.17. The topological polar surface area (TPSA) is 41.5 Å². The van der Waals surface area contributed by atoms with Crippen molar-refractivity contribution in [2.45, 2.75) is 16.2 Å². The number of aliphatic hydroxyl groups excluding tert-OH is 1. The van der Waals surface area contributed by atoms with Crippen molar-refractivity contribution in [1.29, 1.82) is 0 Å². The molecule has 0 saturated heterocycles. The van der Waals surface area contributed by atoms with Crippen LogP contribution in [0, 0.1) is 0 Å². The van der Waals surface area contributed by atoms with Crippen molar-refractivity contribution in [3.63, 3.8) is 0 Å². The summed E-state index contributed by atoms with van der Waals surface area (Å²) in [6, 6.07) is 16.1. The number of hydrogen-bond donors (Lipinski definition) is 2. The van der Waals surface area contributed by atoms with Gasteiger partial charge in [-0.05, 0) is 29.8 Å². The van der Waals surface area contributed by atoms with Crippen LogP contribution >= 0.6 is 11.8 Å². The van der Waals surface area contributed by atoms with Gasteiger partial charge >= 0.3 is 0 Å². The van der Waals surface area contributed by atoms with Gasteiger partial charge in [-0.1, -0.05) is 24.3 Å². The maximum absolute atomic E-state index is 10.4. The highest BCUT2D eigenvalue weighted by Crippen LogP contribution is 2.43. The van der Waals surface area contributed by atoms with Gasteiger partial charge in [0.25, 0.3) is 0 Å². The van der Waals surface area contributed by atoms with Gasteiger partial charge in [-0.3, -0.25) is 0 Å². The van der Waals surface area contributed by atoms with Crippen LogP contribution in [0.2, 0.25) is 0 Å². The monoisotopic (exact) mass is 287 g/mol. The third-order valence-electron chi connectivity index (χ3n) is 3.44. The van der Waals surface area contributed by atoms with Crippen LogP contribution in [-0.2, 0) is 0 Å². The highest BCUT2D eigenvalue weighted by atomic mass is 32.2. The van der Waals surface area contributed by atoms with Crippen molar-refractivity contribution in [3.05, 3.63) is 54.1 Å². The largest absolute Gasteiger partial charge is 0.497 e. The number of benzene rings is 2. The summed E-state index contributed by atoms with van der Waals surface area (Å²) in [6.07, 6.45) is -0.430. The van der Waals surface area contributed by atoms with Crippen LogP contribution in [0.1, 0.15) is 10.8 Å². The van der Waals surface area contributed by atoms with Crippen molar-refractivity contribution >= 4 is 17.4 Å². The minimum atomic E-state index is -0.430. The van der Waals surface area contributed by atoms with Gasteiger partial charge < -0.3 is 15.2 Å². The summed E-state index contributed by atoms with van der Waals surface area (Å²) in [6.45, 7) is 0.556. The number of hydrogen-bond acceptors (Lipinski definition) is 4. The Bertz CT molecular complexity index is 585. The molecule has 0 aliphatic carbocycles. The lowest BCUT2D eigenvalue weighted by Gasteiger charge is -2.20. The van der Waals surface area contributed by atoms with Gasteiger partial charge in [-0.25, -0.2) is 0 Å².